The van der Waals surface area contributed by atoms with Crippen molar-refractivity contribution in [2.24, 2.45) is 0 Å². The van der Waals surface area contributed by atoms with E-state index >= 15 is 0 Å². The smallest absolute Gasteiger partial charge is 0.305 e. The van der Waals surface area contributed by atoms with Gasteiger partial charge in [0.25, 0.3) is 0 Å². The van der Waals surface area contributed by atoms with Crippen LogP contribution in [0.3, 0.4) is 0 Å². The minimum atomic E-state index is -0.131. The summed E-state index contributed by atoms with van der Waals surface area (Å²) in [5, 5.41) is 0. The Labute approximate surface area is 89.1 Å². The molecule has 1 N–H and O–H groups in total. The van der Waals surface area contributed by atoms with E-state index in [1.165, 1.54) is 0 Å². The van der Waals surface area contributed by atoms with E-state index in [0.29, 0.717) is 0 Å². The fraction of sp³-hybridized carbons (Fsp3) is 0.250. The first-order valence-corrected chi connectivity index (χ1v) is 5.06. The SMILES string of the molecule is C=C(C)n1c(=O)[nH]c2ccccc21.CC. The third-order valence-corrected chi connectivity index (χ3v) is 1.97. The van der Waals surface area contributed by atoms with Crippen LogP contribution in [-0.2, 0) is 0 Å². The molecule has 80 valence electrons. The van der Waals surface area contributed by atoms with Crippen LogP contribution in [0.5, 0.6) is 0 Å². The maximum absolute atomic E-state index is 11.4. The highest BCUT2D eigenvalue weighted by Gasteiger charge is 2.04. The zero-order valence-electron chi connectivity index (χ0n) is 9.37. The van der Waals surface area contributed by atoms with Crippen LogP contribution in [0, 0.1) is 0 Å². The third-order valence-electron chi connectivity index (χ3n) is 1.97. The Morgan fingerprint density at radius 3 is 2.53 bits per heavy atom. The van der Waals surface area contributed by atoms with Crippen molar-refractivity contribution in [1.82, 2.24) is 9.55 Å². The fourth-order valence-electron chi connectivity index (χ4n) is 1.43. The number of hydrogen-bond acceptors (Lipinski definition) is 1. The van der Waals surface area contributed by atoms with Gasteiger partial charge in [0.2, 0.25) is 0 Å². The van der Waals surface area contributed by atoms with Crippen LogP contribution in [0.25, 0.3) is 16.7 Å². The maximum Gasteiger partial charge on any atom is 0.330 e. The lowest BCUT2D eigenvalue weighted by Crippen LogP contribution is -2.13. The van der Waals surface area contributed by atoms with Crippen molar-refractivity contribution in [3.05, 3.63) is 41.3 Å². The predicted molar refractivity (Wildman–Crippen MR) is 64.9 cm³/mol. The number of H-pyrrole nitrogens is 1. The number of aromatic nitrogens is 2. The molecule has 1 aromatic heterocycles. The second kappa shape index (κ2) is 4.64. The van der Waals surface area contributed by atoms with Crippen molar-refractivity contribution in [1.29, 1.82) is 0 Å². The standard InChI is InChI=1S/C10H10N2O.C2H6/c1-7(2)12-9-6-4-3-5-8(9)11-10(12)13;1-2/h3-6H,1H2,2H3,(H,11,13);1-2H3. The van der Waals surface area contributed by atoms with Crippen LogP contribution in [0.2, 0.25) is 0 Å². The molecule has 0 saturated carbocycles. The van der Waals surface area contributed by atoms with E-state index in [-0.39, 0.29) is 5.69 Å². The zero-order chi connectivity index (χ0) is 11.4. The molecule has 0 unspecified atom stereocenters. The van der Waals surface area contributed by atoms with Crippen molar-refractivity contribution in [3.8, 4) is 0 Å². The van der Waals surface area contributed by atoms with Gasteiger partial charge in [-0.15, -0.1) is 0 Å². The van der Waals surface area contributed by atoms with Gasteiger partial charge in [-0.2, -0.15) is 0 Å². The van der Waals surface area contributed by atoms with Crippen LogP contribution >= 0.6 is 0 Å². The number of rotatable bonds is 1. The van der Waals surface area contributed by atoms with E-state index in [1.807, 2.05) is 45.0 Å². The molecule has 1 aromatic carbocycles. The predicted octanol–water partition coefficient (Wildman–Crippen LogP) is 2.85. The third kappa shape index (κ3) is 2.01. The summed E-state index contributed by atoms with van der Waals surface area (Å²) in [4.78, 5) is 14.2. The number of hydrogen-bond donors (Lipinski definition) is 1. The molecule has 0 spiro atoms. The first kappa shape index (κ1) is 11.3. The molecular formula is C12H16N2O. The number of imidazole rings is 1. The van der Waals surface area contributed by atoms with Gasteiger partial charge < -0.3 is 4.98 Å². The molecule has 0 fully saturated rings. The van der Waals surface area contributed by atoms with Gasteiger partial charge >= 0.3 is 5.69 Å². The largest absolute Gasteiger partial charge is 0.330 e. The number of aromatic amines is 1. The van der Waals surface area contributed by atoms with Crippen LogP contribution < -0.4 is 5.69 Å². The summed E-state index contributed by atoms with van der Waals surface area (Å²) in [6.45, 7) is 9.56. The Balaban J connectivity index is 0.000000531. The summed E-state index contributed by atoms with van der Waals surface area (Å²) >= 11 is 0. The summed E-state index contributed by atoms with van der Waals surface area (Å²) in [6, 6.07) is 7.55. The lowest BCUT2D eigenvalue weighted by molar-refractivity contribution is 1.04. The van der Waals surface area contributed by atoms with Crippen molar-refractivity contribution in [3.63, 3.8) is 0 Å². The van der Waals surface area contributed by atoms with Gasteiger partial charge in [0.15, 0.2) is 0 Å². The second-order valence-corrected chi connectivity index (χ2v) is 3.02. The van der Waals surface area contributed by atoms with Crippen LogP contribution in [0.15, 0.2) is 35.6 Å². The lowest BCUT2D eigenvalue weighted by atomic mass is 10.3. The number of allylic oxidation sites excluding steroid dienone is 1. The molecule has 15 heavy (non-hydrogen) atoms. The normalized spacial score (nSPS) is 9.53. The first-order chi connectivity index (χ1) is 7.20. The molecule has 1 heterocycles. The minimum Gasteiger partial charge on any atom is -0.305 e. The number of benzene rings is 1. The van der Waals surface area contributed by atoms with E-state index < -0.39 is 0 Å². The topological polar surface area (TPSA) is 37.8 Å². The Morgan fingerprint density at radius 2 is 1.93 bits per heavy atom. The highest BCUT2D eigenvalue weighted by atomic mass is 16.1. The number of fused-ring (bicyclic) bond motifs is 1. The van der Waals surface area contributed by atoms with Gasteiger partial charge in [-0.25, -0.2) is 4.79 Å². The van der Waals surface area contributed by atoms with E-state index in [2.05, 4.69) is 11.6 Å². The van der Waals surface area contributed by atoms with Crippen molar-refractivity contribution in [2.45, 2.75) is 20.8 Å². The van der Waals surface area contributed by atoms with Gasteiger partial charge in [-0.3, -0.25) is 4.57 Å². The molecule has 0 bridgehead atoms. The monoisotopic (exact) mass is 204 g/mol. The average molecular weight is 204 g/mol. The Hall–Kier alpha value is -1.77. The molecule has 0 amide bonds. The summed E-state index contributed by atoms with van der Waals surface area (Å²) < 4.78 is 1.56. The Kier molecular flexibility index (Phi) is 3.50. The molecule has 0 atom stereocenters. The van der Waals surface area contributed by atoms with Gasteiger partial charge in [0.1, 0.15) is 0 Å². The van der Waals surface area contributed by atoms with Gasteiger partial charge in [-0.1, -0.05) is 32.6 Å². The first-order valence-electron chi connectivity index (χ1n) is 5.06. The number of nitrogens with zero attached hydrogens (tertiary/aromatic N) is 1. The molecule has 3 nitrogen and oxygen atoms in total. The van der Waals surface area contributed by atoms with Crippen LogP contribution in [-0.4, -0.2) is 9.55 Å². The quantitative estimate of drug-likeness (QED) is 0.762. The Morgan fingerprint density at radius 1 is 1.33 bits per heavy atom. The molecule has 0 aliphatic carbocycles. The van der Waals surface area contributed by atoms with Crippen molar-refractivity contribution >= 4 is 16.7 Å². The van der Waals surface area contributed by atoms with E-state index in [9.17, 15) is 4.79 Å². The number of para-hydroxylation sites is 2. The second-order valence-electron chi connectivity index (χ2n) is 3.02. The highest BCUT2D eigenvalue weighted by Crippen LogP contribution is 2.11. The lowest BCUT2D eigenvalue weighted by Gasteiger charge is -1.98. The average Bonchev–Trinajstić information content (AvgIpc) is 2.56. The van der Waals surface area contributed by atoms with Crippen LogP contribution in [0.4, 0.5) is 0 Å². The van der Waals surface area contributed by atoms with Gasteiger partial charge in [0, 0.05) is 5.70 Å². The molecule has 2 rings (SSSR count). The maximum atomic E-state index is 11.4. The van der Waals surface area contributed by atoms with Gasteiger partial charge in [0.05, 0.1) is 11.0 Å². The molecular weight excluding hydrogens is 188 g/mol. The zero-order valence-corrected chi connectivity index (χ0v) is 9.37. The molecule has 2 aromatic rings. The van der Waals surface area contributed by atoms with Crippen LogP contribution in [0.1, 0.15) is 20.8 Å². The molecule has 0 aliphatic heterocycles. The van der Waals surface area contributed by atoms with Crippen molar-refractivity contribution in [2.75, 3.05) is 0 Å². The summed E-state index contributed by atoms with van der Waals surface area (Å²) in [5.41, 5.74) is 2.31. The van der Waals surface area contributed by atoms with Crippen molar-refractivity contribution < 1.29 is 0 Å². The van der Waals surface area contributed by atoms with Gasteiger partial charge in [-0.05, 0) is 19.1 Å². The minimum absolute atomic E-state index is 0.131. The van der Waals surface area contributed by atoms with E-state index in [0.717, 1.165) is 16.7 Å². The number of nitrogens with one attached hydrogen (secondary N) is 1. The van der Waals surface area contributed by atoms with E-state index in [1.54, 1.807) is 4.57 Å². The molecule has 0 aliphatic rings. The molecule has 3 heteroatoms. The summed E-state index contributed by atoms with van der Waals surface area (Å²) in [5.74, 6) is 0. The molecule has 0 saturated heterocycles. The summed E-state index contributed by atoms with van der Waals surface area (Å²) in [7, 11) is 0. The highest BCUT2D eigenvalue weighted by molar-refractivity contribution is 5.78. The fourth-order valence-corrected chi connectivity index (χ4v) is 1.43. The molecule has 0 radical (unpaired) electrons. The Bertz CT molecular complexity index is 520. The summed E-state index contributed by atoms with van der Waals surface area (Å²) in [6.07, 6.45) is 0. The van der Waals surface area contributed by atoms with E-state index in [4.69, 9.17) is 0 Å².